The van der Waals surface area contributed by atoms with Crippen molar-refractivity contribution >= 4 is 34.4 Å². The first-order valence-electron chi connectivity index (χ1n) is 6.44. The van der Waals surface area contributed by atoms with Gasteiger partial charge < -0.3 is 5.32 Å². The summed E-state index contributed by atoms with van der Waals surface area (Å²) in [6, 6.07) is 8.47. The van der Waals surface area contributed by atoms with E-state index >= 15 is 0 Å². The number of thioether (sulfide) groups is 1. The molecule has 1 saturated heterocycles. The van der Waals surface area contributed by atoms with Crippen molar-refractivity contribution in [1.29, 1.82) is 0 Å². The van der Waals surface area contributed by atoms with Crippen molar-refractivity contribution in [2.75, 3.05) is 22.2 Å². The summed E-state index contributed by atoms with van der Waals surface area (Å²) in [5.41, 5.74) is 3.43. The molecule has 1 aromatic heterocycles. The van der Waals surface area contributed by atoms with E-state index in [1.165, 1.54) is 24.3 Å². The Kier molecular flexibility index (Phi) is 3.70. The van der Waals surface area contributed by atoms with Crippen LogP contribution in [0, 0.1) is 0 Å². The lowest BCUT2D eigenvalue weighted by Gasteiger charge is -2.23. The fraction of sp³-hybridized carbons (Fsp3) is 0.385. The molecule has 0 atom stereocenters. The first-order chi connectivity index (χ1) is 9.36. The molecule has 2 aromatic rings. The van der Waals surface area contributed by atoms with E-state index in [1.54, 1.807) is 0 Å². The van der Waals surface area contributed by atoms with E-state index in [0.29, 0.717) is 12.0 Å². The van der Waals surface area contributed by atoms with Crippen LogP contribution in [0.4, 0.5) is 11.8 Å². The van der Waals surface area contributed by atoms with Crippen LogP contribution in [0.25, 0.3) is 10.9 Å². The minimum Gasteiger partial charge on any atom is -0.367 e. The maximum absolute atomic E-state index is 5.44. The minimum atomic E-state index is 0.450. The fourth-order valence-corrected chi connectivity index (χ4v) is 3.39. The third-order valence-corrected chi connectivity index (χ3v) is 4.34. The Labute approximate surface area is 116 Å². The molecular weight excluding hydrogens is 258 g/mol. The van der Waals surface area contributed by atoms with Crippen LogP contribution in [-0.2, 0) is 0 Å². The van der Waals surface area contributed by atoms with Crippen molar-refractivity contribution in [2.24, 2.45) is 5.84 Å². The zero-order chi connectivity index (χ0) is 13.1. The molecular formula is C13H17N5S. The van der Waals surface area contributed by atoms with Crippen LogP contribution in [0.1, 0.15) is 12.8 Å². The molecule has 19 heavy (non-hydrogen) atoms. The van der Waals surface area contributed by atoms with Crippen LogP contribution in [0.15, 0.2) is 24.3 Å². The van der Waals surface area contributed by atoms with Gasteiger partial charge in [-0.3, -0.25) is 5.43 Å². The molecule has 1 aliphatic rings. The quantitative estimate of drug-likeness (QED) is 0.589. The van der Waals surface area contributed by atoms with Gasteiger partial charge in [0.05, 0.1) is 5.52 Å². The smallest absolute Gasteiger partial charge is 0.239 e. The Morgan fingerprint density at radius 1 is 1.16 bits per heavy atom. The average Bonchev–Trinajstić information content (AvgIpc) is 2.48. The number of anilines is 2. The van der Waals surface area contributed by atoms with Gasteiger partial charge in [0.25, 0.3) is 0 Å². The summed E-state index contributed by atoms with van der Waals surface area (Å²) in [7, 11) is 0. The average molecular weight is 275 g/mol. The van der Waals surface area contributed by atoms with Gasteiger partial charge in [-0.05, 0) is 36.5 Å². The van der Waals surface area contributed by atoms with Gasteiger partial charge in [0.15, 0.2) is 0 Å². The Bertz CT molecular complexity index is 568. The predicted octanol–water partition coefficient (Wildman–Crippen LogP) is 2.22. The zero-order valence-corrected chi connectivity index (χ0v) is 11.4. The zero-order valence-electron chi connectivity index (χ0n) is 10.6. The summed E-state index contributed by atoms with van der Waals surface area (Å²) < 4.78 is 0. The van der Waals surface area contributed by atoms with Crippen molar-refractivity contribution in [3.63, 3.8) is 0 Å². The molecule has 0 aliphatic carbocycles. The minimum absolute atomic E-state index is 0.450. The summed E-state index contributed by atoms with van der Waals surface area (Å²) in [4.78, 5) is 8.80. The molecule has 6 heteroatoms. The SMILES string of the molecule is NNc1nc(NC2CCSCC2)c2ccccc2n1. The first-order valence-corrected chi connectivity index (χ1v) is 7.60. The predicted molar refractivity (Wildman–Crippen MR) is 81.3 cm³/mol. The molecule has 3 rings (SSSR count). The van der Waals surface area contributed by atoms with Crippen molar-refractivity contribution in [2.45, 2.75) is 18.9 Å². The molecule has 1 aliphatic heterocycles. The number of hydrogen-bond donors (Lipinski definition) is 3. The third kappa shape index (κ3) is 2.74. The standard InChI is InChI=1S/C13H17N5S/c14-18-13-16-11-4-2-1-3-10(11)12(17-13)15-9-5-7-19-8-6-9/h1-4,9H,5-8,14H2,(H2,15,16,17,18). The monoisotopic (exact) mass is 275 g/mol. The molecule has 0 saturated carbocycles. The second-order valence-corrected chi connectivity index (χ2v) is 5.81. The number of nitrogen functional groups attached to an aromatic ring is 1. The number of fused-ring (bicyclic) bond motifs is 1. The maximum atomic E-state index is 5.44. The van der Waals surface area contributed by atoms with Crippen molar-refractivity contribution in [3.8, 4) is 0 Å². The second-order valence-electron chi connectivity index (χ2n) is 4.59. The van der Waals surface area contributed by atoms with E-state index in [1.807, 2.05) is 36.0 Å². The Morgan fingerprint density at radius 2 is 1.95 bits per heavy atom. The third-order valence-electron chi connectivity index (χ3n) is 3.29. The molecule has 0 unspecified atom stereocenters. The van der Waals surface area contributed by atoms with Crippen LogP contribution >= 0.6 is 11.8 Å². The summed E-state index contributed by atoms with van der Waals surface area (Å²) in [5, 5.41) is 4.58. The highest BCUT2D eigenvalue weighted by molar-refractivity contribution is 7.99. The molecule has 0 amide bonds. The molecule has 1 fully saturated rings. The lowest BCUT2D eigenvalue weighted by molar-refractivity contribution is 0.664. The lowest BCUT2D eigenvalue weighted by Crippen LogP contribution is -2.25. The number of benzene rings is 1. The highest BCUT2D eigenvalue weighted by Gasteiger charge is 2.16. The molecule has 2 heterocycles. The van der Waals surface area contributed by atoms with Gasteiger partial charge in [-0.2, -0.15) is 16.7 Å². The van der Waals surface area contributed by atoms with E-state index in [0.717, 1.165) is 16.7 Å². The van der Waals surface area contributed by atoms with Gasteiger partial charge in [0.2, 0.25) is 5.95 Å². The Hall–Kier alpha value is -1.53. The van der Waals surface area contributed by atoms with Crippen LogP contribution in [0.3, 0.4) is 0 Å². The number of para-hydroxylation sites is 1. The Morgan fingerprint density at radius 3 is 2.74 bits per heavy atom. The summed E-state index contributed by atoms with van der Waals surface area (Å²) in [5.74, 6) is 9.18. The largest absolute Gasteiger partial charge is 0.367 e. The second kappa shape index (κ2) is 5.63. The number of rotatable bonds is 3. The van der Waals surface area contributed by atoms with Gasteiger partial charge >= 0.3 is 0 Å². The van der Waals surface area contributed by atoms with E-state index in [9.17, 15) is 0 Å². The molecule has 1 aromatic carbocycles. The number of hydrazine groups is 1. The molecule has 5 nitrogen and oxygen atoms in total. The number of nitrogens with two attached hydrogens (primary N) is 1. The number of hydrogen-bond acceptors (Lipinski definition) is 6. The van der Waals surface area contributed by atoms with E-state index in [4.69, 9.17) is 5.84 Å². The highest BCUT2D eigenvalue weighted by Crippen LogP contribution is 2.25. The summed E-state index contributed by atoms with van der Waals surface area (Å²) >= 11 is 2.02. The molecule has 100 valence electrons. The van der Waals surface area contributed by atoms with Gasteiger partial charge in [-0.25, -0.2) is 10.8 Å². The normalized spacial score (nSPS) is 16.5. The van der Waals surface area contributed by atoms with Crippen molar-refractivity contribution in [3.05, 3.63) is 24.3 Å². The fourth-order valence-electron chi connectivity index (χ4n) is 2.29. The van der Waals surface area contributed by atoms with E-state index < -0.39 is 0 Å². The van der Waals surface area contributed by atoms with Crippen molar-refractivity contribution < 1.29 is 0 Å². The molecule has 0 radical (unpaired) electrons. The van der Waals surface area contributed by atoms with Crippen LogP contribution in [-0.4, -0.2) is 27.5 Å². The van der Waals surface area contributed by atoms with Gasteiger partial charge in [0, 0.05) is 11.4 Å². The van der Waals surface area contributed by atoms with Crippen molar-refractivity contribution in [1.82, 2.24) is 9.97 Å². The topological polar surface area (TPSA) is 75.9 Å². The van der Waals surface area contributed by atoms with Gasteiger partial charge in [0.1, 0.15) is 5.82 Å². The van der Waals surface area contributed by atoms with E-state index in [2.05, 4.69) is 20.7 Å². The summed E-state index contributed by atoms with van der Waals surface area (Å²) in [6.45, 7) is 0. The molecule has 0 bridgehead atoms. The maximum Gasteiger partial charge on any atom is 0.239 e. The van der Waals surface area contributed by atoms with Crippen LogP contribution in [0.2, 0.25) is 0 Å². The van der Waals surface area contributed by atoms with Crippen LogP contribution in [0.5, 0.6) is 0 Å². The van der Waals surface area contributed by atoms with E-state index in [-0.39, 0.29) is 0 Å². The lowest BCUT2D eigenvalue weighted by atomic mass is 10.1. The first kappa shape index (κ1) is 12.5. The number of nitrogens with one attached hydrogen (secondary N) is 2. The number of aromatic nitrogens is 2. The van der Waals surface area contributed by atoms with Crippen LogP contribution < -0.4 is 16.6 Å². The molecule has 4 N–H and O–H groups in total. The molecule has 0 spiro atoms. The highest BCUT2D eigenvalue weighted by atomic mass is 32.2. The summed E-state index contributed by atoms with van der Waals surface area (Å²) in [6.07, 6.45) is 2.35. The number of nitrogens with zero attached hydrogens (tertiary/aromatic N) is 2. The Balaban J connectivity index is 1.95. The van der Waals surface area contributed by atoms with Gasteiger partial charge in [-0.15, -0.1) is 0 Å². The van der Waals surface area contributed by atoms with Gasteiger partial charge in [-0.1, -0.05) is 12.1 Å².